The van der Waals surface area contributed by atoms with Gasteiger partial charge < -0.3 is 13.9 Å². The third-order valence-electron chi connectivity index (χ3n) is 4.91. The molecular weight excluding hydrogens is 368 g/mol. The molecule has 1 amide bonds. The van der Waals surface area contributed by atoms with Crippen LogP contribution in [0.1, 0.15) is 29.3 Å². The smallest absolute Gasteiger partial charge is 0.281 e. The molecule has 1 atom stereocenters. The Morgan fingerprint density at radius 2 is 1.93 bits per heavy atom. The number of aryl methyl sites for hydroxylation is 1. The van der Waals surface area contributed by atoms with E-state index in [-0.39, 0.29) is 18.6 Å². The van der Waals surface area contributed by atoms with E-state index in [1.54, 1.807) is 13.4 Å². The summed E-state index contributed by atoms with van der Waals surface area (Å²) in [7, 11) is 1.63. The van der Waals surface area contributed by atoms with Crippen LogP contribution in [0.15, 0.2) is 76.4 Å². The van der Waals surface area contributed by atoms with Crippen molar-refractivity contribution in [3.8, 4) is 11.5 Å². The minimum atomic E-state index is -0.296. The van der Waals surface area contributed by atoms with E-state index in [0.717, 1.165) is 22.6 Å². The molecule has 3 aromatic rings. The van der Waals surface area contributed by atoms with Gasteiger partial charge in [0.15, 0.2) is 6.61 Å². The molecule has 0 saturated heterocycles. The molecule has 0 unspecified atom stereocenters. The number of ether oxygens (including phenoxy) is 2. The number of nitrogens with zero attached hydrogens (tertiary/aromatic N) is 2. The summed E-state index contributed by atoms with van der Waals surface area (Å²) in [6.07, 6.45) is 2.17. The average molecular weight is 390 g/mol. The number of hydrazone groups is 1. The lowest BCUT2D eigenvalue weighted by atomic mass is 10.0. The Balaban J connectivity index is 1.55. The predicted molar refractivity (Wildman–Crippen MR) is 109 cm³/mol. The molecule has 1 aromatic heterocycles. The van der Waals surface area contributed by atoms with Gasteiger partial charge in [0.1, 0.15) is 23.3 Å². The summed E-state index contributed by atoms with van der Waals surface area (Å²) in [6.45, 7) is 1.85. The van der Waals surface area contributed by atoms with E-state index in [9.17, 15) is 4.79 Å². The number of hydrogen-bond donors (Lipinski definition) is 0. The summed E-state index contributed by atoms with van der Waals surface area (Å²) in [5.41, 5.74) is 2.74. The number of carbonyl (C=O) groups excluding carboxylic acids is 1. The molecule has 4 rings (SSSR count). The van der Waals surface area contributed by atoms with Crippen LogP contribution in [0.4, 0.5) is 0 Å². The highest BCUT2D eigenvalue weighted by Gasteiger charge is 2.35. The van der Waals surface area contributed by atoms with Gasteiger partial charge in [-0.25, -0.2) is 5.01 Å². The number of carbonyl (C=O) groups is 1. The van der Waals surface area contributed by atoms with Crippen LogP contribution in [0.3, 0.4) is 0 Å². The normalized spacial score (nSPS) is 15.9. The van der Waals surface area contributed by atoms with Crippen molar-refractivity contribution in [1.29, 1.82) is 0 Å². The van der Waals surface area contributed by atoms with Crippen molar-refractivity contribution in [2.45, 2.75) is 19.4 Å². The second kappa shape index (κ2) is 8.22. The van der Waals surface area contributed by atoms with Crippen LogP contribution in [-0.2, 0) is 4.79 Å². The van der Waals surface area contributed by atoms with Crippen molar-refractivity contribution in [2.75, 3.05) is 13.7 Å². The third kappa shape index (κ3) is 4.01. The second-order valence-corrected chi connectivity index (χ2v) is 6.80. The maximum atomic E-state index is 12.9. The largest absolute Gasteiger partial charge is 0.497 e. The van der Waals surface area contributed by atoms with E-state index in [1.165, 1.54) is 5.01 Å². The van der Waals surface area contributed by atoms with Crippen LogP contribution in [0, 0.1) is 6.92 Å². The minimum Gasteiger partial charge on any atom is -0.497 e. The molecule has 6 heteroatoms. The molecular formula is C23H22N2O4. The van der Waals surface area contributed by atoms with E-state index >= 15 is 0 Å². The summed E-state index contributed by atoms with van der Waals surface area (Å²) >= 11 is 0. The number of para-hydroxylation sites is 1. The Hall–Kier alpha value is -3.54. The molecule has 0 N–H and O–H groups in total. The summed E-state index contributed by atoms with van der Waals surface area (Å²) < 4.78 is 16.5. The van der Waals surface area contributed by atoms with Gasteiger partial charge in [-0.3, -0.25) is 4.79 Å². The SMILES string of the molecule is COc1ccc(C2=NN(C(=O)COc3ccccc3C)[C@@H](c3ccco3)C2)cc1. The van der Waals surface area contributed by atoms with E-state index in [4.69, 9.17) is 13.9 Å². The predicted octanol–water partition coefficient (Wildman–Crippen LogP) is 4.35. The van der Waals surface area contributed by atoms with Crippen LogP contribution in [0.2, 0.25) is 0 Å². The summed E-state index contributed by atoms with van der Waals surface area (Å²) in [6, 6.07) is 18.6. The monoisotopic (exact) mass is 390 g/mol. The number of hydrogen-bond acceptors (Lipinski definition) is 5. The van der Waals surface area contributed by atoms with Crippen LogP contribution < -0.4 is 9.47 Å². The zero-order valence-corrected chi connectivity index (χ0v) is 16.4. The average Bonchev–Trinajstić information content (AvgIpc) is 3.43. The fourth-order valence-electron chi connectivity index (χ4n) is 3.32. The lowest BCUT2D eigenvalue weighted by Gasteiger charge is -2.20. The van der Waals surface area contributed by atoms with Gasteiger partial charge in [0, 0.05) is 6.42 Å². The third-order valence-corrected chi connectivity index (χ3v) is 4.91. The molecule has 29 heavy (non-hydrogen) atoms. The standard InChI is InChI=1S/C23H22N2O4/c1-16-6-3-4-7-21(16)29-15-23(26)25-20(22-8-5-13-28-22)14-19(24-25)17-9-11-18(27-2)12-10-17/h3-13,20H,14-15H2,1-2H3/t20-/m1/s1. The molecule has 1 aliphatic heterocycles. The van der Waals surface area contributed by atoms with Gasteiger partial charge in [0.25, 0.3) is 5.91 Å². The molecule has 0 aliphatic carbocycles. The Bertz CT molecular complexity index is 1010. The topological polar surface area (TPSA) is 64.3 Å². The molecule has 2 heterocycles. The minimum absolute atomic E-state index is 0.0958. The van der Waals surface area contributed by atoms with Gasteiger partial charge in [-0.1, -0.05) is 18.2 Å². The summed E-state index contributed by atoms with van der Waals surface area (Å²) in [5.74, 6) is 1.93. The number of amides is 1. The van der Waals surface area contributed by atoms with Gasteiger partial charge in [0.05, 0.1) is 19.1 Å². The van der Waals surface area contributed by atoms with Gasteiger partial charge in [0.2, 0.25) is 0 Å². The maximum Gasteiger partial charge on any atom is 0.281 e. The van der Waals surface area contributed by atoms with Crippen molar-refractivity contribution in [3.05, 3.63) is 83.8 Å². The molecule has 6 nitrogen and oxygen atoms in total. The van der Waals surface area contributed by atoms with E-state index < -0.39 is 0 Å². The van der Waals surface area contributed by atoms with Crippen molar-refractivity contribution in [2.24, 2.45) is 5.10 Å². The molecule has 0 bridgehead atoms. The first-order chi connectivity index (χ1) is 14.2. The van der Waals surface area contributed by atoms with Crippen LogP contribution in [0.5, 0.6) is 11.5 Å². The summed E-state index contributed by atoms with van der Waals surface area (Å²) in [4.78, 5) is 12.9. The molecule has 0 spiro atoms. The van der Waals surface area contributed by atoms with Crippen molar-refractivity contribution in [1.82, 2.24) is 5.01 Å². The first kappa shape index (κ1) is 18.8. The zero-order valence-electron chi connectivity index (χ0n) is 16.4. The molecule has 0 fully saturated rings. The first-order valence-corrected chi connectivity index (χ1v) is 9.41. The Labute approximate surface area is 169 Å². The quantitative estimate of drug-likeness (QED) is 0.628. The zero-order chi connectivity index (χ0) is 20.2. The van der Waals surface area contributed by atoms with Crippen molar-refractivity contribution < 1.29 is 18.7 Å². The molecule has 0 radical (unpaired) electrons. The highest BCUT2D eigenvalue weighted by molar-refractivity contribution is 6.03. The fraction of sp³-hybridized carbons (Fsp3) is 0.217. The second-order valence-electron chi connectivity index (χ2n) is 6.80. The highest BCUT2D eigenvalue weighted by Crippen LogP contribution is 2.33. The van der Waals surface area contributed by atoms with E-state index in [0.29, 0.717) is 17.9 Å². The molecule has 1 aliphatic rings. The van der Waals surface area contributed by atoms with Gasteiger partial charge in [-0.15, -0.1) is 0 Å². The summed E-state index contributed by atoms with van der Waals surface area (Å²) in [5, 5.41) is 6.07. The highest BCUT2D eigenvalue weighted by atomic mass is 16.5. The van der Waals surface area contributed by atoms with Crippen molar-refractivity contribution in [3.63, 3.8) is 0 Å². The molecule has 2 aromatic carbocycles. The molecule has 0 saturated carbocycles. The maximum absolute atomic E-state index is 12.9. The lowest BCUT2D eigenvalue weighted by Crippen LogP contribution is -2.31. The Kier molecular flexibility index (Phi) is 5.33. The van der Waals surface area contributed by atoms with Gasteiger partial charge in [-0.2, -0.15) is 5.10 Å². The van der Waals surface area contributed by atoms with Gasteiger partial charge >= 0.3 is 0 Å². The number of methoxy groups -OCH3 is 1. The molecule has 148 valence electrons. The fourth-order valence-corrected chi connectivity index (χ4v) is 3.32. The van der Waals surface area contributed by atoms with Gasteiger partial charge in [-0.05, 0) is 60.5 Å². The lowest BCUT2D eigenvalue weighted by molar-refractivity contribution is -0.135. The van der Waals surface area contributed by atoms with E-state index in [1.807, 2.05) is 67.6 Å². The Morgan fingerprint density at radius 1 is 1.14 bits per heavy atom. The number of rotatable bonds is 6. The number of benzene rings is 2. The van der Waals surface area contributed by atoms with Crippen LogP contribution >= 0.6 is 0 Å². The first-order valence-electron chi connectivity index (χ1n) is 9.41. The van der Waals surface area contributed by atoms with E-state index in [2.05, 4.69) is 5.10 Å². The van der Waals surface area contributed by atoms with Crippen LogP contribution in [0.25, 0.3) is 0 Å². The van der Waals surface area contributed by atoms with Crippen LogP contribution in [-0.4, -0.2) is 30.3 Å². The Morgan fingerprint density at radius 3 is 2.62 bits per heavy atom. The van der Waals surface area contributed by atoms with Crippen molar-refractivity contribution >= 4 is 11.6 Å². The number of furan rings is 1.